The Labute approximate surface area is 106 Å². The van der Waals surface area contributed by atoms with Crippen LogP contribution < -0.4 is 15.5 Å². The number of amides is 3. The van der Waals surface area contributed by atoms with E-state index in [4.69, 9.17) is 0 Å². The second-order valence-corrected chi connectivity index (χ2v) is 4.59. The molecule has 0 aromatic heterocycles. The number of imide groups is 1. The van der Waals surface area contributed by atoms with Crippen molar-refractivity contribution in [1.82, 2.24) is 10.6 Å². The van der Waals surface area contributed by atoms with Crippen LogP contribution in [0.4, 0.5) is 10.5 Å². The smallest absolute Gasteiger partial charge is 0.328 e. The van der Waals surface area contributed by atoms with E-state index in [0.29, 0.717) is 11.7 Å². The van der Waals surface area contributed by atoms with Crippen LogP contribution >= 0.6 is 0 Å². The van der Waals surface area contributed by atoms with Crippen molar-refractivity contribution in [3.63, 3.8) is 0 Å². The third-order valence-corrected chi connectivity index (χ3v) is 2.75. The quantitative estimate of drug-likeness (QED) is 0.787. The lowest BCUT2D eigenvalue weighted by atomic mass is 10.2. The molecule has 3 amide bonds. The summed E-state index contributed by atoms with van der Waals surface area (Å²) in [7, 11) is 0. The maximum Gasteiger partial charge on any atom is 0.329 e. The van der Waals surface area contributed by atoms with Crippen LogP contribution in [-0.4, -0.2) is 24.5 Å². The molecule has 96 valence electrons. The molecule has 1 aliphatic rings. The second kappa shape index (κ2) is 5.18. The molecule has 1 fully saturated rings. The Morgan fingerprint density at radius 2 is 1.94 bits per heavy atom. The Morgan fingerprint density at radius 1 is 1.28 bits per heavy atom. The van der Waals surface area contributed by atoms with Crippen LogP contribution in [0, 0.1) is 0 Å². The van der Waals surface area contributed by atoms with Crippen LogP contribution in [0.25, 0.3) is 0 Å². The molecule has 1 aromatic carbocycles. The van der Waals surface area contributed by atoms with Gasteiger partial charge >= 0.3 is 6.03 Å². The van der Waals surface area contributed by atoms with E-state index >= 15 is 0 Å². The molecule has 0 unspecified atom stereocenters. The van der Waals surface area contributed by atoms with Crippen molar-refractivity contribution in [2.75, 3.05) is 11.4 Å². The summed E-state index contributed by atoms with van der Waals surface area (Å²) in [6, 6.07) is 7.50. The van der Waals surface area contributed by atoms with Gasteiger partial charge in [0.25, 0.3) is 5.91 Å². The third kappa shape index (κ3) is 2.68. The molecule has 1 aliphatic heterocycles. The summed E-state index contributed by atoms with van der Waals surface area (Å²) in [5.74, 6) is -0.215. The fourth-order valence-corrected chi connectivity index (χ4v) is 1.77. The van der Waals surface area contributed by atoms with Crippen molar-refractivity contribution in [3.8, 4) is 0 Å². The van der Waals surface area contributed by atoms with Gasteiger partial charge in [0, 0.05) is 12.6 Å². The third-order valence-electron chi connectivity index (χ3n) is 2.75. The number of urea groups is 1. The van der Waals surface area contributed by atoms with Crippen LogP contribution in [0.2, 0.25) is 0 Å². The molecule has 2 N–H and O–H groups in total. The molecule has 0 spiro atoms. The molecule has 0 atom stereocenters. The molecule has 0 aliphatic carbocycles. The van der Waals surface area contributed by atoms with Gasteiger partial charge in [-0.3, -0.25) is 4.79 Å². The Hall–Kier alpha value is -1.88. The Bertz CT molecular complexity index is 438. The number of anilines is 1. The summed E-state index contributed by atoms with van der Waals surface area (Å²) in [4.78, 5) is 24.1. The summed E-state index contributed by atoms with van der Waals surface area (Å²) in [5, 5.41) is 5.81. The molecule has 5 heteroatoms. The molecule has 1 aromatic rings. The topological polar surface area (TPSA) is 61.4 Å². The highest BCUT2D eigenvalue weighted by Crippen LogP contribution is 2.17. The Balaban J connectivity index is 2.07. The van der Waals surface area contributed by atoms with Crippen molar-refractivity contribution in [3.05, 3.63) is 29.8 Å². The first-order chi connectivity index (χ1) is 8.58. The van der Waals surface area contributed by atoms with Gasteiger partial charge in [-0.1, -0.05) is 26.0 Å². The first-order valence-electron chi connectivity index (χ1n) is 6.01. The van der Waals surface area contributed by atoms with Gasteiger partial charge in [-0.25, -0.2) is 9.69 Å². The van der Waals surface area contributed by atoms with Gasteiger partial charge < -0.3 is 10.6 Å². The molecule has 18 heavy (non-hydrogen) atoms. The number of benzene rings is 1. The van der Waals surface area contributed by atoms with E-state index < -0.39 is 0 Å². The fraction of sp³-hybridized carbons (Fsp3) is 0.385. The zero-order valence-electron chi connectivity index (χ0n) is 10.6. The van der Waals surface area contributed by atoms with E-state index in [1.165, 1.54) is 4.90 Å². The molecule has 0 radical (unpaired) electrons. The SMILES string of the molecule is CC(C)NCc1ccc(N2C(=O)CNC2=O)cc1. The van der Waals surface area contributed by atoms with Crippen molar-refractivity contribution in [2.24, 2.45) is 0 Å². The zero-order valence-corrected chi connectivity index (χ0v) is 10.6. The second-order valence-electron chi connectivity index (χ2n) is 4.59. The first kappa shape index (κ1) is 12.6. The maximum absolute atomic E-state index is 11.5. The highest BCUT2D eigenvalue weighted by atomic mass is 16.2. The summed E-state index contributed by atoms with van der Waals surface area (Å²) in [6.45, 7) is 5.02. The van der Waals surface area contributed by atoms with E-state index in [1.54, 1.807) is 12.1 Å². The Morgan fingerprint density at radius 3 is 2.44 bits per heavy atom. The lowest BCUT2D eigenvalue weighted by molar-refractivity contribution is -0.115. The first-order valence-corrected chi connectivity index (χ1v) is 6.01. The van der Waals surface area contributed by atoms with Gasteiger partial charge in [0.15, 0.2) is 0 Å². The van der Waals surface area contributed by atoms with Gasteiger partial charge in [-0.05, 0) is 17.7 Å². The fourth-order valence-electron chi connectivity index (χ4n) is 1.77. The van der Waals surface area contributed by atoms with Crippen molar-refractivity contribution >= 4 is 17.6 Å². The summed E-state index contributed by atoms with van der Waals surface area (Å²) in [6.07, 6.45) is 0. The normalized spacial score (nSPS) is 15.4. The molecule has 2 rings (SSSR count). The van der Waals surface area contributed by atoms with Crippen LogP contribution in [-0.2, 0) is 11.3 Å². The van der Waals surface area contributed by atoms with Gasteiger partial charge in [-0.2, -0.15) is 0 Å². The van der Waals surface area contributed by atoms with Crippen LogP contribution in [0.15, 0.2) is 24.3 Å². The van der Waals surface area contributed by atoms with Crippen molar-refractivity contribution < 1.29 is 9.59 Å². The highest BCUT2D eigenvalue weighted by Gasteiger charge is 2.29. The summed E-state index contributed by atoms with van der Waals surface area (Å²) >= 11 is 0. The molecule has 5 nitrogen and oxygen atoms in total. The average Bonchev–Trinajstić information content (AvgIpc) is 2.67. The van der Waals surface area contributed by atoms with E-state index in [2.05, 4.69) is 24.5 Å². The summed E-state index contributed by atoms with van der Waals surface area (Å²) < 4.78 is 0. The maximum atomic E-state index is 11.5. The van der Waals surface area contributed by atoms with E-state index in [-0.39, 0.29) is 18.5 Å². The van der Waals surface area contributed by atoms with Crippen LogP contribution in [0.1, 0.15) is 19.4 Å². The highest BCUT2D eigenvalue weighted by molar-refractivity contribution is 6.19. The molecule has 1 saturated heterocycles. The number of hydrogen-bond acceptors (Lipinski definition) is 3. The number of nitrogens with zero attached hydrogens (tertiary/aromatic N) is 1. The van der Waals surface area contributed by atoms with E-state index in [9.17, 15) is 9.59 Å². The molecule has 0 bridgehead atoms. The molecule has 1 heterocycles. The van der Waals surface area contributed by atoms with Gasteiger partial charge in [-0.15, -0.1) is 0 Å². The predicted molar refractivity (Wildman–Crippen MR) is 69.3 cm³/mol. The van der Waals surface area contributed by atoms with Gasteiger partial charge in [0.05, 0.1) is 12.2 Å². The minimum Gasteiger partial charge on any atom is -0.328 e. The molecule has 0 saturated carbocycles. The van der Waals surface area contributed by atoms with E-state index in [1.807, 2.05) is 12.1 Å². The monoisotopic (exact) mass is 247 g/mol. The van der Waals surface area contributed by atoms with Gasteiger partial charge in [0.1, 0.15) is 0 Å². The minimum atomic E-state index is -0.354. The minimum absolute atomic E-state index is 0.0789. The zero-order chi connectivity index (χ0) is 13.1. The van der Waals surface area contributed by atoms with Crippen LogP contribution in [0.5, 0.6) is 0 Å². The molecular formula is C13H17N3O2. The van der Waals surface area contributed by atoms with Crippen LogP contribution in [0.3, 0.4) is 0 Å². The largest absolute Gasteiger partial charge is 0.329 e. The van der Waals surface area contributed by atoms with Gasteiger partial charge in [0.2, 0.25) is 0 Å². The average molecular weight is 247 g/mol. The Kier molecular flexibility index (Phi) is 3.62. The molecular weight excluding hydrogens is 230 g/mol. The van der Waals surface area contributed by atoms with E-state index in [0.717, 1.165) is 12.1 Å². The number of rotatable bonds is 4. The van der Waals surface area contributed by atoms with Crippen molar-refractivity contribution in [2.45, 2.75) is 26.4 Å². The van der Waals surface area contributed by atoms with Crippen molar-refractivity contribution in [1.29, 1.82) is 0 Å². The number of carbonyl (C=O) groups is 2. The lowest BCUT2D eigenvalue weighted by Gasteiger charge is -2.13. The lowest BCUT2D eigenvalue weighted by Crippen LogP contribution is -2.30. The summed E-state index contributed by atoms with van der Waals surface area (Å²) in [5.41, 5.74) is 1.74. The number of hydrogen-bond donors (Lipinski definition) is 2. The predicted octanol–water partition coefficient (Wildman–Crippen LogP) is 1.24. The number of nitrogens with one attached hydrogen (secondary N) is 2. The standard InChI is InChI=1S/C13H17N3O2/c1-9(2)14-7-10-3-5-11(6-4-10)16-12(17)8-15-13(16)18/h3-6,9,14H,7-8H2,1-2H3,(H,15,18). The number of carbonyl (C=O) groups excluding carboxylic acids is 2.